The van der Waals surface area contributed by atoms with Gasteiger partial charge in [0.1, 0.15) is 4.90 Å². The Morgan fingerprint density at radius 1 is 1.10 bits per heavy atom. The zero-order valence-electron chi connectivity index (χ0n) is 10.7. The molecule has 0 aliphatic carbocycles. The molecule has 0 fully saturated rings. The number of anilines is 1. The van der Waals surface area contributed by atoms with Crippen LogP contribution in [0.4, 0.5) is 5.69 Å². The van der Waals surface area contributed by atoms with Crippen LogP contribution in [0.15, 0.2) is 57.8 Å². The van der Waals surface area contributed by atoms with Gasteiger partial charge in [0.2, 0.25) is 0 Å². The second-order valence-corrected chi connectivity index (χ2v) is 6.11. The van der Waals surface area contributed by atoms with Gasteiger partial charge in [-0.2, -0.15) is 8.42 Å². The van der Waals surface area contributed by atoms with Crippen molar-refractivity contribution in [3.8, 4) is 0 Å². The first-order chi connectivity index (χ1) is 9.49. The van der Waals surface area contributed by atoms with E-state index >= 15 is 0 Å². The van der Waals surface area contributed by atoms with Gasteiger partial charge in [-0.25, -0.2) is 5.06 Å². The Labute approximate surface area is 116 Å². The van der Waals surface area contributed by atoms with Crippen molar-refractivity contribution in [3.63, 3.8) is 0 Å². The lowest BCUT2D eigenvalue weighted by Crippen LogP contribution is -2.33. The van der Waals surface area contributed by atoms with E-state index < -0.39 is 10.0 Å². The zero-order valence-corrected chi connectivity index (χ0v) is 11.5. The molecule has 2 aromatic rings. The maximum absolute atomic E-state index is 12.2. The average Bonchev–Trinajstić information content (AvgIpc) is 2.43. The summed E-state index contributed by atoms with van der Waals surface area (Å²) in [5.41, 5.74) is 1.71. The Morgan fingerprint density at radius 3 is 2.60 bits per heavy atom. The molecule has 1 N–H and O–H groups in total. The Morgan fingerprint density at radius 2 is 1.85 bits per heavy atom. The number of amidine groups is 1. The summed E-state index contributed by atoms with van der Waals surface area (Å²) in [6.45, 7) is 1.89. The molecule has 0 atom stereocenters. The Balaban J connectivity index is 2.23. The van der Waals surface area contributed by atoms with Crippen LogP contribution >= 0.6 is 0 Å². The summed E-state index contributed by atoms with van der Waals surface area (Å²) in [7, 11) is -3.80. The van der Waals surface area contributed by atoms with Crippen LogP contribution in [-0.4, -0.2) is 19.5 Å². The Bertz CT molecular complexity index is 813. The number of sulfonamides is 1. The second kappa shape index (κ2) is 4.43. The largest absolute Gasteiger partial charge is 0.286 e. The molecular weight excluding hydrogens is 276 g/mol. The fourth-order valence-corrected chi connectivity index (χ4v) is 3.30. The third kappa shape index (κ3) is 1.99. The van der Waals surface area contributed by atoms with E-state index in [4.69, 9.17) is 0 Å². The molecule has 6 heteroatoms. The standard InChI is InChI=1S/C14H12N2O3S/c1-10-5-4-6-11(9-10)14-15-20(18,19)13-8-3-2-7-12(13)16(14)17/h2-9,17H,1H3. The molecule has 3 rings (SSSR count). The van der Waals surface area contributed by atoms with Crippen LogP contribution in [-0.2, 0) is 10.0 Å². The number of benzene rings is 2. The van der Waals surface area contributed by atoms with Crippen LogP contribution in [0.1, 0.15) is 11.1 Å². The van der Waals surface area contributed by atoms with Gasteiger partial charge in [-0.15, -0.1) is 4.40 Å². The first-order valence-electron chi connectivity index (χ1n) is 5.99. The van der Waals surface area contributed by atoms with E-state index in [1.54, 1.807) is 30.3 Å². The van der Waals surface area contributed by atoms with E-state index in [1.807, 2.05) is 13.0 Å². The molecule has 1 aliphatic heterocycles. The Hall–Kier alpha value is -2.18. The highest BCUT2D eigenvalue weighted by Gasteiger charge is 2.30. The van der Waals surface area contributed by atoms with Crippen LogP contribution in [0, 0.1) is 6.92 Å². The van der Waals surface area contributed by atoms with Crippen molar-refractivity contribution in [1.82, 2.24) is 0 Å². The predicted octanol–water partition coefficient (Wildman–Crippen LogP) is 2.34. The number of hydroxylamine groups is 1. The summed E-state index contributed by atoms with van der Waals surface area (Å²) >= 11 is 0. The first kappa shape index (κ1) is 12.8. The van der Waals surface area contributed by atoms with Gasteiger partial charge in [-0.1, -0.05) is 35.9 Å². The van der Waals surface area contributed by atoms with Crippen molar-refractivity contribution < 1.29 is 13.6 Å². The lowest BCUT2D eigenvalue weighted by atomic mass is 10.1. The quantitative estimate of drug-likeness (QED) is 0.874. The fraction of sp³-hybridized carbons (Fsp3) is 0.0714. The van der Waals surface area contributed by atoms with Crippen molar-refractivity contribution >= 4 is 21.5 Å². The summed E-state index contributed by atoms with van der Waals surface area (Å²) in [5, 5.41) is 11.0. The van der Waals surface area contributed by atoms with Crippen molar-refractivity contribution in [3.05, 3.63) is 59.7 Å². The summed E-state index contributed by atoms with van der Waals surface area (Å²) < 4.78 is 28.0. The van der Waals surface area contributed by atoms with E-state index in [0.717, 1.165) is 10.6 Å². The van der Waals surface area contributed by atoms with Crippen molar-refractivity contribution in [2.45, 2.75) is 11.8 Å². The number of hydrogen-bond donors (Lipinski definition) is 1. The molecule has 0 bridgehead atoms. The molecular formula is C14H12N2O3S. The van der Waals surface area contributed by atoms with Gasteiger partial charge in [-0.3, -0.25) is 5.21 Å². The summed E-state index contributed by atoms with van der Waals surface area (Å²) in [4.78, 5) is -0.00102. The van der Waals surface area contributed by atoms with E-state index in [-0.39, 0.29) is 16.4 Å². The van der Waals surface area contributed by atoms with Crippen LogP contribution in [0.2, 0.25) is 0 Å². The number of aryl methyl sites for hydroxylation is 1. The minimum Gasteiger partial charge on any atom is -0.282 e. The number of hydrogen-bond acceptors (Lipinski definition) is 4. The molecule has 0 unspecified atom stereocenters. The van der Waals surface area contributed by atoms with Crippen molar-refractivity contribution in [2.75, 3.05) is 5.06 Å². The molecule has 2 aromatic carbocycles. The minimum atomic E-state index is -3.80. The highest BCUT2D eigenvalue weighted by molar-refractivity contribution is 7.90. The van der Waals surface area contributed by atoms with E-state index in [1.165, 1.54) is 12.1 Å². The van der Waals surface area contributed by atoms with Crippen LogP contribution < -0.4 is 5.06 Å². The molecule has 5 nitrogen and oxygen atoms in total. The van der Waals surface area contributed by atoms with Gasteiger partial charge in [-0.05, 0) is 25.1 Å². The molecule has 0 aromatic heterocycles. The molecule has 0 amide bonds. The molecule has 0 saturated heterocycles. The molecule has 102 valence electrons. The molecule has 1 aliphatic rings. The SMILES string of the molecule is Cc1cccc(C2=NS(=O)(=O)c3ccccc3N2O)c1. The first-order valence-corrected chi connectivity index (χ1v) is 7.43. The van der Waals surface area contributed by atoms with Gasteiger partial charge in [0.15, 0.2) is 5.84 Å². The van der Waals surface area contributed by atoms with E-state index in [2.05, 4.69) is 4.40 Å². The number of rotatable bonds is 1. The average molecular weight is 288 g/mol. The summed E-state index contributed by atoms with van der Waals surface area (Å²) in [6.07, 6.45) is 0. The third-order valence-corrected chi connectivity index (χ3v) is 4.37. The zero-order chi connectivity index (χ0) is 14.3. The normalized spacial score (nSPS) is 16.5. The number of para-hydroxylation sites is 1. The van der Waals surface area contributed by atoms with Crippen LogP contribution in [0.3, 0.4) is 0 Å². The van der Waals surface area contributed by atoms with Crippen LogP contribution in [0.5, 0.6) is 0 Å². The molecule has 20 heavy (non-hydrogen) atoms. The summed E-state index contributed by atoms with van der Waals surface area (Å²) in [6, 6.07) is 13.4. The highest BCUT2D eigenvalue weighted by Crippen LogP contribution is 2.31. The monoisotopic (exact) mass is 288 g/mol. The maximum atomic E-state index is 12.2. The number of fused-ring (bicyclic) bond motifs is 1. The second-order valence-electron chi connectivity index (χ2n) is 4.54. The van der Waals surface area contributed by atoms with Gasteiger partial charge in [0.25, 0.3) is 10.0 Å². The van der Waals surface area contributed by atoms with Gasteiger partial charge < -0.3 is 0 Å². The van der Waals surface area contributed by atoms with Gasteiger partial charge in [0, 0.05) is 5.56 Å². The van der Waals surface area contributed by atoms with E-state index in [0.29, 0.717) is 5.56 Å². The minimum absolute atomic E-state index is 0.00102. The molecule has 1 heterocycles. The summed E-state index contributed by atoms with van der Waals surface area (Å²) in [5.74, 6) is 0.00685. The molecule has 0 spiro atoms. The topological polar surface area (TPSA) is 70.0 Å². The smallest absolute Gasteiger partial charge is 0.282 e. The van der Waals surface area contributed by atoms with E-state index in [9.17, 15) is 13.6 Å². The lowest BCUT2D eigenvalue weighted by Gasteiger charge is -2.25. The third-order valence-electron chi connectivity index (χ3n) is 3.05. The van der Waals surface area contributed by atoms with Gasteiger partial charge >= 0.3 is 0 Å². The predicted molar refractivity (Wildman–Crippen MR) is 75.6 cm³/mol. The molecule has 0 radical (unpaired) electrons. The lowest BCUT2D eigenvalue weighted by molar-refractivity contribution is 0.309. The number of nitrogens with zero attached hydrogens (tertiary/aromatic N) is 2. The Kier molecular flexibility index (Phi) is 2.84. The molecule has 0 saturated carbocycles. The van der Waals surface area contributed by atoms with Crippen LogP contribution in [0.25, 0.3) is 0 Å². The fourth-order valence-electron chi connectivity index (χ4n) is 2.13. The maximum Gasteiger partial charge on any atom is 0.286 e. The van der Waals surface area contributed by atoms with Crippen molar-refractivity contribution in [2.24, 2.45) is 4.40 Å². The highest BCUT2D eigenvalue weighted by atomic mass is 32.2. The van der Waals surface area contributed by atoms with Gasteiger partial charge in [0.05, 0.1) is 5.69 Å². The van der Waals surface area contributed by atoms with Crippen molar-refractivity contribution in [1.29, 1.82) is 0 Å².